The second-order valence-corrected chi connectivity index (χ2v) is 1.34. The molecule has 0 rings (SSSR count). The second kappa shape index (κ2) is 3.46. The van der Waals surface area contributed by atoms with Crippen molar-refractivity contribution in [1.82, 2.24) is 0 Å². The van der Waals surface area contributed by atoms with E-state index in [4.69, 9.17) is 17.5 Å². The fraction of sp³-hybridized carbons (Fsp3) is 0. The van der Waals surface area contributed by atoms with Crippen molar-refractivity contribution in [3.8, 4) is 0 Å². The van der Waals surface area contributed by atoms with Crippen molar-refractivity contribution in [2.75, 3.05) is 0 Å². The molecule has 1 radical (unpaired) electrons. The van der Waals surface area contributed by atoms with Crippen LogP contribution in [0.3, 0.4) is 0 Å². The van der Waals surface area contributed by atoms with Gasteiger partial charge in [-0.2, -0.15) is 8.42 Å². The van der Waals surface area contributed by atoms with E-state index < -0.39 is 10.4 Å². The monoisotopic (exact) mass is 251 g/mol. The predicted octanol–water partition coefficient (Wildman–Crippen LogP) is -0.653. The second-order valence-electron chi connectivity index (χ2n) is 0.448. The molecule has 0 aromatic rings. The van der Waals surface area contributed by atoms with Crippen LogP contribution in [0.15, 0.2) is 0 Å². The summed E-state index contributed by atoms with van der Waals surface area (Å²) < 4.78 is 31.6. The van der Waals surface area contributed by atoms with E-state index >= 15 is 0 Å². The molecule has 4 nitrogen and oxygen atoms in total. The van der Waals surface area contributed by atoms with Crippen molar-refractivity contribution in [3.05, 3.63) is 0 Å². The molecule has 0 amide bonds. The Bertz CT molecular complexity index is 90.7. The fourth-order valence-corrected chi connectivity index (χ4v) is 0. The van der Waals surface area contributed by atoms with E-state index in [-0.39, 0.29) is 49.4 Å². The quantitative estimate of drug-likeness (QED) is 0.560. The van der Waals surface area contributed by atoms with Gasteiger partial charge in [0.25, 0.3) is 0 Å². The van der Waals surface area contributed by atoms with Gasteiger partial charge in [0.05, 0.1) is 0 Å². The molecule has 0 saturated carbocycles. The summed E-state index contributed by atoms with van der Waals surface area (Å²) in [5.74, 6) is 0. The van der Waals surface area contributed by atoms with Crippen LogP contribution in [0.1, 0.15) is 0 Å². The largest absolute Gasteiger partial charge is 0.394 e. The van der Waals surface area contributed by atoms with Gasteiger partial charge in [-0.05, 0) is 0 Å². The van der Waals surface area contributed by atoms with Crippen molar-refractivity contribution in [2.24, 2.45) is 0 Å². The first-order chi connectivity index (χ1) is 2.00. The van der Waals surface area contributed by atoms with E-state index in [1.807, 2.05) is 0 Å². The number of hydrogen-bond donors (Lipinski definition) is 2. The maximum atomic E-state index is 8.74. The SMILES string of the molecule is O=S(=O)(O)O.[Eu]. The third-order valence-electron chi connectivity index (χ3n) is 0. The van der Waals surface area contributed by atoms with Gasteiger partial charge in [0.2, 0.25) is 0 Å². The Morgan fingerprint density at radius 2 is 1.17 bits per heavy atom. The summed E-state index contributed by atoms with van der Waals surface area (Å²) in [6.45, 7) is 0. The van der Waals surface area contributed by atoms with Gasteiger partial charge in [0.15, 0.2) is 0 Å². The van der Waals surface area contributed by atoms with E-state index in [0.717, 1.165) is 0 Å². The topological polar surface area (TPSA) is 74.6 Å². The molecule has 6 heteroatoms. The first kappa shape index (κ1) is 10.4. The summed E-state index contributed by atoms with van der Waals surface area (Å²) in [5, 5.41) is 0. The van der Waals surface area contributed by atoms with Gasteiger partial charge in [-0.3, -0.25) is 9.11 Å². The van der Waals surface area contributed by atoms with Crippen LogP contribution in [0.5, 0.6) is 0 Å². The molecule has 6 heavy (non-hydrogen) atoms. The van der Waals surface area contributed by atoms with Crippen molar-refractivity contribution in [2.45, 2.75) is 0 Å². The van der Waals surface area contributed by atoms with Crippen LogP contribution in [0.4, 0.5) is 0 Å². The van der Waals surface area contributed by atoms with Crippen molar-refractivity contribution in [1.29, 1.82) is 0 Å². The minimum Gasteiger partial charge on any atom is -0.264 e. The van der Waals surface area contributed by atoms with Gasteiger partial charge in [0.1, 0.15) is 0 Å². The average molecular weight is 250 g/mol. The molecule has 0 unspecified atom stereocenters. The van der Waals surface area contributed by atoms with Gasteiger partial charge >= 0.3 is 10.4 Å². The fourth-order valence-electron chi connectivity index (χ4n) is 0. The Balaban J connectivity index is 0. The van der Waals surface area contributed by atoms with Gasteiger partial charge in [-0.1, -0.05) is 0 Å². The van der Waals surface area contributed by atoms with Crippen molar-refractivity contribution >= 4 is 10.4 Å². The minimum atomic E-state index is -4.67. The van der Waals surface area contributed by atoms with E-state index in [1.165, 1.54) is 0 Å². The summed E-state index contributed by atoms with van der Waals surface area (Å²) in [7, 11) is -4.67. The Hall–Kier alpha value is 1.45. The first-order valence-electron chi connectivity index (χ1n) is 0.698. The average Bonchev–Trinajstić information content (AvgIpc) is 0.722. The van der Waals surface area contributed by atoms with Crippen LogP contribution in [-0.2, 0) is 10.4 Å². The van der Waals surface area contributed by atoms with E-state index in [1.54, 1.807) is 0 Å². The van der Waals surface area contributed by atoms with Crippen molar-refractivity contribution in [3.63, 3.8) is 0 Å². The van der Waals surface area contributed by atoms with Gasteiger partial charge < -0.3 is 0 Å². The maximum Gasteiger partial charge on any atom is 0.394 e. The first-order valence-corrected chi connectivity index (χ1v) is 2.10. The zero-order chi connectivity index (χ0) is 4.50. The van der Waals surface area contributed by atoms with Gasteiger partial charge in [-0.15, -0.1) is 0 Å². The van der Waals surface area contributed by atoms with Crippen LogP contribution in [0.25, 0.3) is 0 Å². The van der Waals surface area contributed by atoms with Crippen LogP contribution >= 0.6 is 0 Å². The van der Waals surface area contributed by atoms with Crippen LogP contribution in [0.2, 0.25) is 0 Å². The molecule has 0 fully saturated rings. The smallest absolute Gasteiger partial charge is 0.264 e. The molecule has 0 aliphatic heterocycles. The normalized spacial score (nSPS) is 9.67. The molecular weight excluding hydrogens is 248 g/mol. The zero-order valence-electron chi connectivity index (χ0n) is 2.50. The molecule has 0 atom stereocenters. The Kier molecular flexibility index (Phi) is 6.01. The summed E-state index contributed by atoms with van der Waals surface area (Å²) in [6.07, 6.45) is 0. The van der Waals surface area contributed by atoms with E-state index in [2.05, 4.69) is 0 Å². The predicted molar refractivity (Wildman–Crippen MR) is 14.2 cm³/mol. The molecule has 0 bridgehead atoms. The summed E-state index contributed by atoms with van der Waals surface area (Å²) >= 11 is 0. The molecular formula is H2EuO4S. The van der Waals surface area contributed by atoms with Crippen LogP contribution in [-0.4, -0.2) is 17.5 Å². The molecule has 0 saturated heterocycles. The van der Waals surface area contributed by atoms with E-state index in [0.29, 0.717) is 0 Å². The molecule has 0 aromatic carbocycles. The summed E-state index contributed by atoms with van der Waals surface area (Å²) in [5.41, 5.74) is 0. The summed E-state index contributed by atoms with van der Waals surface area (Å²) in [6, 6.07) is 0. The Morgan fingerprint density at radius 1 is 1.17 bits per heavy atom. The molecule has 2 N–H and O–H groups in total. The number of rotatable bonds is 0. The molecule has 0 heterocycles. The van der Waals surface area contributed by atoms with Crippen LogP contribution in [0, 0.1) is 49.4 Å². The standard InChI is InChI=1S/Eu.H2O4S/c;1-5(2,3)4/h;(H2,1,2,3,4). The molecule has 0 aromatic heterocycles. The third kappa shape index (κ3) is 51.2. The van der Waals surface area contributed by atoms with Gasteiger partial charge in [0, 0.05) is 49.4 Å². The van der Waals surface area contributed by atoms with E-state index in [9.17, 15) is 0 Å². The maximum absolute atomic E-state index is 8.74. The molecule has 0 spiro atoms. The third-order valence-corrected chi connectivity index (χ3v) is 0. The Labute approximate surface area is 76.0 Å². The zero-order valence-corrected chi connectivity index (χ0v) is 5.74. The molecule has 39 valence electrons. The minimum absolute atomic E-state index is 0. The Morgan fingerprint density at radius 3 is 1.17 bits per heavy atom. The van der Waals surface area contributed by atoms with Gasteiger partial charge in [-0.25, -0.2) is 0 Å². The van der Waals surface area contributed by atoms with Crippen molar-refractivity contribution < 1.29 is 66.9 Å². The number of hydrogen-bond acceptors (Lipinski definition) is 2. The molecule has 0 aliphatic carbocycles. The summed E-state index contributed by atoms with van der Waals surface area (Å²) in [4.78, 5) is 0. The molecule has 0 aliphatic rings. The van der Waals surface area contributed by atoms with Crippen LogP contribution < -0.4 is 0 Å².